The summed E-state index contributed by atoms with van der Waals surface area (Å²) in [5.41, 5.74) is 0.595. The first-order valence-corrected chi connectivity index (χ1v) is 6.92. The van der Waals surface area contributed by atoms with Crippen LogP contribution in [0, 0.1) is 11.3 Å². The van der Waals surface area contributed by atoms with E-state index in [0.717, 1.165) is 18.6 Å². The molecular formula is C14H27NO. The molecule has 0 aromatic heterocycles. The smallest absolute Gasteiger partial charge is 0.0576 e. The van der Waals surface area contributed by atoms with E-state index in [2.05, 4.69) is 26.2 Å². The summed E-state index contributed by atoms with van der Waals surface area (Å²) in [5.74, 6) is 0.905. The SMILES string of the molecule is CNC(CCCC1CCCO1)C1CC1(C)C. The van der Waals surface area contributed by atoms with Crippen LogP contribution in [0.4, 0.5) is 0 Å². The average Bonchev–Trinajstić information content (AvgIpc) is 2.69. The van der Waals surface area contributed by atoms with Gasteiger partial charge in [-0.25, -0.2) is 0 Å². The molecule has 2 fully saturated rings. The van der Waals surface area contributed by atoms with Crippen molar-refractivity contribution < 1.29 is 4.74 Å². The maximum atomic E-state index is 5.67. The zero-order chi connectivity index (χ0) is 11.6. The van der Waals surface area contributed by atoms with E-state index in [1.54, 1.807) is 0 Å². The Labute approximate surface area is 100 Å². The molecule has 2 aliphatic rings. The third-order valence-corrected chi connectivity index (χ3v) is 4.51. The molecular weight excluding hydrogens is 198 g/mol. The van der Waals surface area contributed by atoms with Gasteiger partial charge in [-0.1, -0.05) is 13.8 Å². The van der Waals surface area contributed by atoms with Gasteiger partial charge in [0.25, 0.3) is 0 Å². The standard InChI is InChI=1S/C14H27NO/c1-14(2)10-12(14)13(15-3)8-4-6-11-7-5-9-16-11/h11-13,15H,4-10H2,1-3H3. The number of hydrogen-bond acceptors (Lipinski definition) is 2. The second kappa shape index (κ2) is 5.05. The minimum absolute atomic E-state index is 0.574. The molecule has 1 heterocycles. The van der Waals surface area contributed by atoms with E-state index in [1.165, 1.54) is 38.5 Å². The van der Waals surface area contributed by atoms with Crippen molar-refractivity contribution in [2.24, 2.45) is 11.3 Å². The minimum atomic E-state index is 0.574. The van der Waals surface area contributed by atoms with Gasteiger partial charge in [-0.15, -0.1) is 0 Å². The number of nitrogens with one attached hydrogen (secondary N) is 1. The van der Waals surface area contributed by atoms with Crippen LogP contribution >= 0.6 is 0 Å². The van der Waals surface area contributed by atoms with Crippen molar-refractivity contribution in [2.45, 2.75) is 64.5 Å². The highest BCUT2D eigenvalue weighted by atomic mass is 16.5. The highest BCUT2D eigenvalue weighted by Gasteiger charge is 2.49. The number of rotatable bonds is 6. The van der Waals surface area contributed by atoms with E-state index in [9.17, 15) is 0 Å². The first-order chi connectivity index (χ1) is 7.63. The van der Waals surface area contributed by atoms with Crippen molar-refractivity contribution in [3.8, 4) is 0 Å². The van der Waals surface area contributed by atoms with Crippen LogP contribution in [0.1, 0.15) is 52.4 Å². The van der Waals surface area contributed by atoms with Gasteiger partial charge in [0.2, 0.25) is 0 Å². The van der Waals surface area contributed by atoms with Gasteiger partial charge < -0.3 is 10.1 Å². The molecule has 0 spiro atoms. The molecule has 2 nitrogen and oxygen atoms in total. The first kappa shape index (κ1) is 12.4. The van der Waals surface area contributed by atoms with Crippen LogP contribution in [0.15, 0.2) is 0 Å². The van der Waals surface area contributed by atoms with Crippen LogP contribution in [-0.4, -0.2) is 25.8 Å². The van der Waals surface area contributed by atoms with Crippen molar-refractivity contribution in [3.05, 3.63) is 0 Å². The van der Waals surface area contributed by atoms with E-state index in [0.29, 0.717) is 11.5 Å². The third kappa shape index (κ3) is 2.98. The van der Waals surface area contributed by atoms with E-state index >= 15 is 0 Å². The van der Waals surface area contributed by atoms with Gasteiger partial charge in [-0.2, -0.15) is 0 Å². The molecule has 1 saturated carbocycles. The number of ether oxygens (including phenoxy) is 1. The Morgan fingerprint density at radius 3 is 2.69 bits per heavy atom. The van der Waals surface area contributed by atoms with Crippen LogP contribution in [0.2, 0.25) is 0 Å². The predicted molar refractivity (Wildman–Crippen MR) is 67.6 cm³/mol. The quantitative estimate of drug-likeness (QED) is 0.750. The normalized spacial score (nSPS) is 33.9. The molecule has 16 heavy (non-hydrogen) atoms. The van der Waals surface area contributed by atoms with Gasteiger partial charge in [0, 0.05) is 12.6 Å². The summed E-state index contributed by atoms with van der Waals surface area (Å²) in [6.07, 6.45) is 8.45. The monoisotopic (exact) mass is 225 g/mol. The summed E-state index contributed by atoms with van der Waals surface area (Å²) in [7, 11) is 2.12. The molecule has 2 heteroatoms. The second-order valence-corrected chi connectivity index (χ2v) is 6.26. The van der Waals surface area contributed by atoms with Crippen molar-refractivity contribution in [2.75, 3.05) is 13.7 Å². The highest BCUT2D eigenvalue weighted by Crippen LogP contribution is 2.54. The summed E-state index contributed by atoms with van der Waals surface area (Å²) in [5, 5.41) is 3.50. The summed E-state index contributed by atoms with van der Waals surface area (Å²) in [6, 6.07) is 0.733. The Morgan fingerprint density at radius 2 is 2.19 bits per heavy atom. The molecule has 3 atom stereocenters. The maximum absolute atomic E-state index is 5.67. The van der Waals surface area contributed by atoms with Gasteiger partial charge in [0.15, 0.2) is 0 Å². The lowest BCUT2D eigenvalue weighted by molar-refractivity contribution is 0.101. The number of hydrogen-bond donors (Lipinski definition) is 1. The lowest BCUT2D eigenvalue weighted by atomic mass is 9.98. The molecule has 0 aromatic carbocycles. The second-order valence-electron chi connectivity index (χ2n) is 6.26. The molecule has 1 aliphatic carbocycles. The Balaban J connectivity index is 1.63. The van der Waals surface area contributed by atoms with Crippen LogP contribution in [-0.2, 0) is 4.74 Å². The van der Waals surface area contributed by atoms with Crippen LogP contribution in [0.25, 0.3) is 0 Å². The molecule has 1 saturated heterocycles. The fourth-order valence-electron chi connectivity index (χ4n) is 3.18. The average molecular weight is 225 g/mol. The topological polar surface area (TPSA) is 21.3 Å². The van der Waals surface area contributed by atoms with Crippen LogP contribution < -0.4 is 5.32 Å². The van der Waals surface area contributed by atoms with Crippen molar-refractivity contribution in [3.63, 3.8) is 0 Å². The summed E-state index contributed by atoms with van der Waals surface area (Å²) in [4.78, 5) is 0. The first-order valence-electron chi connectivity index (χ1n) is 6.92. The molecule has 0 bridgehead atoms. The van der Waals surface area contributed by atoms with Crippen molar-refractivity contribution in [1.82, 2.24) is 5.32 Å². The van der Waals surface area contributed by atoms with Gasteiger partial charge in [0.05, 0.1) is 6.10 Å². The fraction of sp³-hybridized carbons (Fsp3) is 1.00. The summed E-state index contributed by atoms with van der Waals surface area (Å²) < 4.78 is 5.67. The van der Waals surface area contributed by atoms with E-state index in [4.69, 9.17) is 4.74 Å². The molecule has 1 N–H and O–H groups in total. The lowest BCUT2D eigenvalue weighted by Crippen LogP contribution is -2.29. The van der Waals surface area contributed by atoms with E-state index in [1.807, 2.05) is 0 Å². The summed E-state index contributed by atoms with van der Waals surface area (Å²) in [6.45, 7) is 5.78. The lowest BCUT2D eigenvalue weighted by Gasteiger charge is -2.18. The van der Waals surface area contributed by atoms with Crippen molar-refractivity contribution in [1.29, 1.82) is 0 Å². The fourth-order valence-corrected chi connectivity index (χ4v) is 3.18. The minimum Gasteiger partial charge on any atom is -0.378 e. The van der Waals surface area contributed by atoms with Gasteiger partial charge in [-0.05, 0) is 56.9 Å². The molecule has 2 rings (SSSR count). The largest absolute Gasteiger partial charge is 0.378 e. The molecule has 0 aromatic rings. The van der Waals surface area contributed by atoms with E-state index < -0.39 is 0 Å². The van der Waals surface area contributed by atoms with Crippen LogP contribution in [0.5, 0.6) is 0 Å². The molecule has 1 aliphatic heterocycles. The zero-order valence-electron chi connectivity index (χ0n) is 11.1. The van der Waals surface area contributed by atoms with E-state index in [-0.39, 0.29) is 0 Å². The maximum Gasteiger partial charge on any atom is 0.0576 e. The molecule has 0 amide bonds. The highest BCUT2D eigenvalue weighted by molar-refractivity contribution is 5.01. The third-order valence-electron chi connectivity index (χ3n) is 4.51. The van der Waals surface area contributed by atoms with Crippen LogP contribution in [0.3, 0.4) is 0 Å². The Morgan fingerprint density at radius 1 is 1.44 bits per heavy atom. The molecule has 3 unspecified atom stereocenters. The van der Waals surface area contributed by atoms with Gasteiger partial charge in [0.1, 0.15) is 0 Å². The van der Waals surface area contributed by atoms with Gasteiger partial charge >= 0.3 is 0 Å². The Bertz CT molecular complexity index is 221. The Hall–Kier alpha value is -0.0800. The zero-order valence-corrected chi connectivity index (χ0v) is 11.1. The Kier molecular flexibility index (Phi) is 3.91. The van der Waals surface area contributed by atoms with Crippen molar-refractivity contribution >= 4 is 0 Å². The van der Waals surface area contributed by atoms with Gasteiger partial charge in [-0.3, -0.25) is 0 Å². The molecule has 0 radical (unpaired) electrons. The summed E-state index contributed by atoms with van der Waals surface area (Å²) >= 11 is 0. The molecule has 94 valence electrons. The predicted octanol–water partition coefficient (Wildman–Crippen LogP) is 2.97.